The molecule has 0 atom stereocenters. The summed E-state index contributed by atoms with van der Waals surface area (Å²) in [6, 6.07) is 12.9. The van der Waals surface area contributed by atoms with Crippen molar-refractivity contribution in [3.05, 3.63) is 70.0 Å². The van der Waals surface area contributed by atoms with E-state index in [4.69, 9.17) is 0 Å². The lowest BCUT2D eigenvalue weighted by atomic mass is 10.1. The van der Waals surface area contributed by atoms with Gasteiger partial charge in [-0.3, -0.25) is 0 Å². The third kappa shape index (κ3) is 3.31. The van der Waals surface area contributed by atoms with Gasteiger partial charge in [-0.1, -0.05) is 12.1 Å². The van der Waals surface area contributed by atoms with E-state index in [0.717, 1.165) is 20.7 Å². The van der Waals surface area contributed by atoms with Crippen LogP contribution in [0.5, 0.6) is 0 Å². The molecule has 2 aromatic heterocycles. The second kappa shape index (κ2) is 6.37. The topological polar surface area (TPSA) is 24.9 Å². The highest BCUT2D eigenvalue weighted by Crippen LogP contribution is 2.28. The first-order valence-corrected chi connectivity index (χ1v) is 8.08. The number of hydrogen-bond donors (Lipinski definition) is 1. The molecule has 3 rings (SSSR count). The molecular formula is C16H12BrFN2S. The Morgan fingerprint density at radius 3 is 2.86 bits per heavy atom. The molecule has 0 amide bonds. The molecule has 0 saturated heterocycles. The number of rotatable bonds is 4. The van der Waals surface area contributed by atoms with Crippen molar-refractivity contribution in [1.82, 2.24) is 4.98 Å². The Kier molecular flexibility index (Phi) is 4.31. The van der Waals surface area contributed by atoms with Crippen LogP contribution in [-0.4, -0.2) is 4.98 Å². The molecule has 0 aliphatic heterocycles. The molecule has 0 saturated carbocycles. The number of aromatic nitrogens is 1. The SMILES string of the molecule is Fc1ccc(CNc2cccnc2Br)cc1-c1cccs1. The van der Waals surface area contributed by atoms with E-state index in [0.29, 0.717) is 12.1 Å². The number of pyridine rings is 1. The fourth-order valence-corrected chi connectivity index (χ4v) is 3.15. The largest absolute Gasteiger partial charge is 0.379 e. The van der Waals surface area contributed by atoms with E-state index < -0.39 is 0 Å². The van der Waals surface area contributed by atoms with Crippen LogP contribution in [0.4, 0.5) is 10.1 Å². The second-order valence-electron chi connectivity index (χ2n) is 4.49. The van der Waals surface area contributed by atoms with Crippen molar-refractivity contribution in [3.63, 3.8) is 0 Å². The average molecular weight is 363 g/mol. The zero-order chi connectivity index (χ0) is 14.7. The van der Waals surface area contributed by atoms with Crippen LogP contribution in [0.3, 0.4) is 0 Å². The minimum absolute atomic E-state index is 0.191. The highest BCUT2D eigenvalue weighted by atomic mass is 79.9. The van der Waals surface area contributed by atoms with Gasteiger partial charge in [-0.25, -0.2) is 9.37 Å². The van der Waals surface area contributed by atoms with Crippen LogP contribution in [0.2, 0.25) is 0 Å². The minimum Gasteiger partial charge on any atom is -0.379 e. The van der Waals surface area contributed by atoms with Crippen LogP contribution in [-0.2, 0) is 6.54 Å². The third-order valence-electron chi connectivity index (χ3n) is 3.06. The molecule has 2 heterocycles. The second-order valence-corrected chi connectivity index (χ2v) is 6.19. The molecule has 0 bridgehead atoms. The first-order valence-electron chi connectivity index (χ1n) is 6.41. The Morgan fingerprint density at radius 1 is 1.19 bits per heavy atom. The third-order valence-corrected chi connectivity index (χ3v) is 4.59. The van der Waals surface area contributed by atoms with E-state index in [2.05, 4.69) is 26.2 Å². The summed E-state index contributed by atoms with van der Waals surface area (Å²) < 4.78 is 14.7. The van der Waals surface area contributed by atoms with Gasteiger partial charge in [-0.05, 0) is 57.2 Å². The van der Waals surface area contributed by atoms with Gasteiger partial charge in [0.1, 0.15) is 10.4 Å². The van der Waals surface area contributed by atoms with Gasteiger partial charge >= 0.3 is 0 Å². The van der Waals surface area contributed by atoms with Crippen molar-refractivity contribution in [2.45, 2.75) is 6.54 Å². The molecule has 0 aliphatic carbocycles. The summed E-state index contributed by atoms with van der Waals surface area (Å²) in [4.78, 5) is 5.10. The van der Waals surface area contributed by atoms with Crippen LogP contribution in [0.15, 0.2) is 58.6 Å². The summed E-state index contributed by atoms with van der Waals surface area (Å²) >= 11 is 4.93. The maximum Gasteiger partial charge on any atom is 0.131 e. The number of nitrogens with one attached hydrogen (secondary N) is 1. The molecule has 3 aromatic rings. The minimum atomic E-state index is -0.191. The lowest BCUT2D eigenvalue weighted by molar-refractivity contribution is 0.631. The first kappa shape index (κ1) is 14.2. The van der Waals surface area contributed by atoms with Gasteiger partial charge in [0.15, 0.2) is 0 Å². The number of nitrogens with zero attached hydrogens (tertiary/aromatic N) is 1. The van der Waals surface area contributed by atoms with Crippen LogP contribution in [0.1, 0.15) is 5.56 Å². The molecule has 0 radical (unpaired) electrons. The summed E-state index contributed by atoms with van der Waals surface area (Å²) in [5.74, 6) is -0.191. The summed E-state index contributed by atoms with van der Waals surface area (Å²) in [5, 5.41) is 5.24. The Labute approximate surface area is 134 Å². The van der Waals surface area contributed by atoms with Crippen LogP contribution in [0, 0.1) is 5.82 Å². The van der Waals surface area contributed by atoms with Gasteiger partial charge in [-0.15, -0.1) is 11.3 Å². The zero-order valence-corrected chi connectivity index (χ0v) is 13.4. The molecule has 1 N–H and O–H groups in total. The number of anilines is 1. The predicted octanol–water partition coefficient (Wildman–Crippen LogP) is 5.32. The summed E-state index contributed by atoms with van der Waals surface area (Å²) in [5.41, 5.74) is 2.59. The van der Waals surface area contributed by atoms with Gasteiger partial charge in [-0.2, -0.15) is 0 Å². The summed E-state index contributed by atoms with van der Waals surface area (Å²) in [7, 11) is 0. The molecule has 5 heteroatoms. The lowest BCUT2D eigenvalue weighted by Crippen LogP contribution is -2.01. The summed E-state index contributed by atoms with van der Waals surface area (Å²) in [6.07, 6.45) is 1.72. The fourth-order valence-electron chi connectivity index (χ4n) is 2.02. The van der Waals surface area contributed by atoms with Crippen molar-refractivity contribution in [1.29, 1.82) is 0 Å². The average Bonchev–Trinajstić information content (AvgIpc) is 3.02. The standard InChI is InChI=1S/C16H12BrFN2S/c17-16-14(3-1-7-19-16)20-10-11-5-6-13(18)12(9-11)15-4-2-8-21-15/h1-9,20H,10H2. The van der Waals surface area contributed by atoms with E-state index in [1.807, 2.05) is 35.7 Å². The van der Waals surface area contributed by atoms with Crippen molar-refractivity contribution < 1.29 is 4.39 Å². The normalized spacial score (nSPS) is 10.6. The molecule has 0 aliphatic rings. The summed E-state index contributed by atoms with van der Waals surface area (Å²) in [6.45, 7) is 0.614. The van der Waals surface area contributed by atoms with E-state index in [1.54, 1.807) is 12.3 Å². The maximum absolute atomic E-state index is 13.9. The highest BCUT2D eigenvalue weighted by molar-refractivity contribution is 9.10. The van der Waals surface area contributed by atoms with Crippen LogP contribution >= 0.6 is 27.3 Å². The van der Waals surface area contributed by atoms with Crippen LogP contribution in [0.25, 0.3) is 10.4 Å². The van der Waals surface area contributed by atoms with Crippen molar-refractivity contribution in [2.75, 3.05) is 5.32 Å². The van der Waals surface area contributed by atoms with E-state index in [1.165, 1.54) is 17.4 Å². The first-order chi connectivity index (χ1) is 10.2. The van der Waals surface area contributed by atoms with Gasteiger partial charge in [0.05, 0.1) is 5.69 Å². The fraction of sp³-hybridized carbons (Fsp3) is 0.0625. The quantitative estimate of drug-likeness (QED) is 0.635. The van der Waals surface area contributed by atoms with Gasteiger partial charge in [0, 0.05) is 23.2 Å². The molecule has 21 heavy (non-hydrogen) atoms. The number of hydrogen-bond acceptors (Lipinski definition) is 3. The van der Waals surface area contributed by atoms with Crippen LogP contribution < -0.4 is 5.32 Å². The van der Waals surface area contributed by atoms with Gasteiger partial charge in [0.25, 0.3) is 0 Å². The molecular weight excluding hydrogens is 351 g/mol. The Bertz CT molecular complexity index is 744. The molecule has 0 unspecified atom stereocenters. The zero-order valence-electron chi connectivity index (χ0n) is 11.0. The monoisotopic (exact) mass is 362 g/mol. The number of thiophene rings is 1. The maximum atomic E-state index is 13.9. The lowest BCUT2D eigenvalue weighted by Gasteiger charge is -2.09. The smallest absolute Gasteiger partial charge is 0.131 e. The molecule has 2 nitrogen and oxygen atoms in total. The number of benzene rings is 1. The van der Waals surface area contributed by atoms with Crippen molar-refractivity contribution >= 4 is 33.0 Å². The highest BCUT2D eigenvalue weighted by Gasteiger charge is 2.07. The van der Waals surface area contributed by atoms with E-state index >= 15 is 0 Å². The Hall–Kier alpha value is -1.72. The number of halogens is 2. The molecule has 0 spiro atoms. The molecule has 1 aromatic carbocycles. The van der Waals surface area contributed by atoms with Gasteiger partial charge < -0.3 is 5.32 Å². The Balaban J connectivity index is 1.81. The Morgan fingerprint density at radius 2 is 2.10 bits per heavy atom. The predicted molar refractivity (Wildman–Crippen MR) is 89.0 cm³/mol. The van der Waals surface area contributed by atoms with E-state index in [9.17, 15) is 4.39 Å². The van der Waals surface area contributed by atoms with Crippen molar-refractivity contribution in [2.24, 2.45) is 0 Å². The van der Waals surface area contributed by atoms with Crippen molar-refractivity contribution in [3.8, 4) is 10.4 Å². The van der Waals surface area contributed by atoms with E-state index in [-0.39, 0.29) is 5.82 Å². The van der Waals surface area contributed by atoms with Gasteiger partial charge in [0.2, 0.25) is 0 Å². The molecule has 106 valence electrons. The molecule has 0 fully saturated rings.